The highest BCUT2D eigenvalue weighted by Gasteiger charge is 2.23. The molecule has 3 heteroatoms. The minimum absolute atomic E-state index is 0. The predicted octanol–water partition coefficient (Wildman–Crippen LogP) is 4.17. The van der Waals surface area contributed by atoms with E-state index in [0.29, 0.717) is 5.92 Å². The molecule has 0 aliphatic heterocycles. The van der Waals surface area contributed by atoms with Gasteiger partial charge in [-0.05, 0) is 36.5 Å². The molecular formula is C15H21ClN2. The lowest BCUT2D eigenvalue weighted by Crippen LogP contribution is -2.23. The lowest BCUT2D eigenvalue weighted by molar-refractivity contribution is 0.309. The fourth-order valence-electron chi connectivity index (χ4n) is 3.15. The van der Waals surface area contributed by atoms with Crippen LogP contribution in [-0.4, -0.2) is 4.98 Å². The van der Waals surface area contributed by atoms with Crippen molar-refractivity contribution in [3.8, 4) is 0 Å². The summed E-state index contributed by atoms with van der Waals surface area (Å²) >= 11 is 0. The van der Waals surface area contributed by atoms with Gasteiger partial charge in [0.2, 0.25) is 0 Å². The summed E-state index contributed by atoms with van der Waals surface area (Å²) in [7, 11) is 0. The summed E-state index contributed by atoms with van der Waals surface area (Å²) in [6.45, 7) is 0. The zero-order valence-electron chi connectivity index (χ0n) is 10.6. The minimum Gasteiger partial charge on any atom is -0.361 e. The van der Waals surface area contributed by atoms with E-state index in [9.17, 15) is 0 Å². The van der Waals surface area contributed by atoms with Crippen LogP contribution in [0.1, 0.15) is 43.7 Å². The molecule has 1 aromatic heterocycles. The molecule has 1 atom stereocenters. The molecule has 98 valence electrons. The molecule has 0 bridgehead atoms. The van der Waals surface area contributed by atoms with E-state index in [0.717, 1.165) is 0 Å². The molecule has 0 unspecified atom stereocenters. The van der Waals surface area contributed by atoms with Crippen molar-refractivity contribution in [1.82, 2.24) is 4.98 Å². The van der Waals surface area contributed by atoms with Gasteiger partial charge in [0.1, 0.15) is 0 Å². The van der Waals surface area contributed by atoms with E-state index in [4.69, 9.17) is 5.73 Å². The number of aromatic nitrogens is 1. The Kier molecular flexibility index (Phi) is 4.31. The van der Waals surface area contributed by atoms with Gasteiger partial charge in [-0.15, -0.1) is 12.4 Å². The van der Waals surface area contributed by atoms with Gasteiger partial charge in [-0.25, -0.2) is 0 Å². The van der Waals surface area contributed by atoms with E-state index in [1.54, 1.807) is 0 Å². The molecule has 1 aliphatic carbocycles. The maximum absolute atomic E-state index is 6.48. The smallest absolute Gasteiger partial charge is 0.0457 e. The van der Waals surface area contributed by atoms with Gasteiger partial charge in [-0.2, -0.15) is 0 Å². The Morgan fingerprint density at radius 2 is 1.89 bits per heavy atom. The van der Waals surface area contributed by atoms with Crippen LogP contribution in [0, 0.1) is 5.92 Å². The number of hydrogen-bond acceptors (Lipinski definition) is 1. The van der Waals surface area contributed by atoms with Crippen molar-refractivity contribution in [3.05, 3.63) is 36.0 Å². The first-order valence-corrected chi connectivity index (χ1v) is 6.68. The molecule has 1 aromatic carbocycles. The fraction of sp³-hybridized carbons (Fsp3) is 0.467. The highest BCUT2D eigenvalue weighted by Crippen LogP contribution is 2.35. The van der Waals surface area contributed by atoms with E-state index < -0.39 is 0 Å². The number of rotatable bonds is 2. The van der Waals surface area contributed by atoms with Crippen LogP contribution in [0.25, 0.3) is 10.9 Å². The van der Waals surface area contributed by atoms with Gasteiger partial charge in [0.25, 0.3) is 0 Å². The molecule has 0 spiro atoms. The van der Waals surface area contributed by atoms with Crippen molar-refractivity contribution in [2.75, 3.05) is 0 Å². The Morgan fingerprint density at radius 3 is 2.67 bits per heavy atom. The number of halogens is 1. The van der Waals surface area contributed by atoms with Crippen molar-refractivity contribution >= 4 is 23.3 Å². The van der Waals surface area contributed by atoms with Crippen molar-refractivity contribution in [2.24, 2.45) is 11.7 Å². The second-order valence-corrected chi connectivity index (χ2v) is 5.21. The molecule has 1 aliphatic rings. The van der Waals surface area contributed by atoms with E-state index in [2.05, 4.69) is 29.2 Å². The molecule has 3 rings (SSSR count). The van der Waals surface area contributed by atoms with Gasteiger partial charge in [0.15, 0.2) is 0 Å². The number of benzene rings is 1. The van der Waals surface area contributed by atoms with Crippen LogP contribution in [0.3, 0.4) is 0 Å². The van der Waals surface area contributed by atoms with Crippen molar-refractivity contribution < 1.29 is 0 Å². The number of H-pyrrole nitrogens is 1. The highest BCUT2D eigenvalue weighted by molar-refractivity contribution is 5.85. The van der Waals surface area contributed by atoms with E-state index >= 15 is 0 Å². The van der Waals surface area contributed by atoms with Crippen LogP contribution in [-0.2, 0) is 0 Å². The summed E-state index contributed by atoms with van der Waals surface area (Å²) < 4.78 is 0. The Morgan fingerprint density at radius 1 is 1.11 bits per heavy atom. The first-order valence-electron chi connectivity index (χ1n) is 6.68. The summed E-state index contributed by atoms with van der Waals surface area (Å²) in [4.78, 5) is 3.26. The molecule has 0 saturated heterocycles. The first-order chi connectivity index (χ1) is 8.36. The van der Waals surface area contributed by atoms with Gasteiger partial charge in [-0.3, -0.25) is 0 Å². The number of aromatic amines is 1. The predicted molar refractivity (Wildman–Crippen MR) is 79.1 cm³/mol. The third-order valence-electron chi connectivity index (χ3n) is 4.15. The van der Waals surface area contributed by atoms with Gasteiger partial charge < -0.3 is 10.7 Å². The molecule has 18 heavy (non-hydrogen) atoms. The van der Waals surface area contributed by atoms with Gasteiger partial charge in [-0.1, -0.05) is 31.4 Å². The first kappa shape index (κ1) is 13.4. The quantitative estimate of drug-likeness (QED) is 0.840. The average Bonchev–Trinajstić information content (AvgIpc) is 2.87. The monoisotopic (exact) mass is 264 g/mol. The second kappa shape index (κ2) is 5.77. The highest BCUT2D eigenvalue weighted by atomic mass is 35.5. The normalized spacial score (nSPS) is 18.5. The Bertz CT molecular complexity index is 500. The summed E-state index contributed by atoms with van der Waals surface area (Å²) in [5, 5.41) is 1.30. The summed E-state index contributed by atoms with van der Waals surface area (Å²) in [6.07, 6.45) is 8.67. The lowest BCUT2D eigenvalue weighted by atomic mass is 9.81. The van der Waals surface area contributed by atoms with Crippen LogP contribution in [0.15, 0.2) is 30.5 Å². The van der Waals surface area contributed by atoms with Crippen LogP contribution < -0.4 is 5.73 Å². The number of fused-ring (bicyclic) bond motifs is 1. The average molecular weight is 265 g/mol. The Labute approximate surface area is 114 Å². The van der Waals surface area contributed by atoms with E-state index in [1.165, 1.54) is 48.6 Å². The van der Waals surface area contributed by atoms with Crippen molar-refractivity contribution in [3.63, 3.8) is 0 Å². The topological polar surface area (TPSA) is 41.8 Å². The van der Waals surface area contributed by atoms with Crippen LogP contribution in [0.2, 0.25) is 0 Å². The van der Waals surface area contributed by atoms with Crippen LogP contribution >= 0.6 is 12.4 Å². The van der Waals surface area contributed by atoms with Crippen LogP contribution in [0.4, 0.5) is 0 Å². The van der Waals surface area contributed by atoms with Crippen molar-refractivity contribution in [1.29, 1.82) is 0 Å². The largest absolute Gasteiger partial charge is 0.361 e. The maximum Gasteiger partial charge on any atom is 0.0457 e. The standard InChI is InChI=1S/C15H20N2.ClH/c16-15(11-5-2-1-3-6-11)13-7-4-8-14-12(13)9-10-17-14;/h4,7-11,15,17H,1-3,5-6,16H2;1H/t15-;/m0./s1. The summed E-state index contributed by atoms with van der Waals surface area (Å²) in [5.74, 6) is 0.671. The summed E-state index contributed by atoms with van der Waals surface area (Å²) in [5.41, 5.74) is 9.00. The maximum atomic E-state index is 6.48. The van der Waals surface area contributed by atoms with Gasteiger partial charge in [0.05, 0.1) is 0 Å². The number of nitrogens with two attached hydrogens (primary N) is 1. The molecule has 1 heterocycles. The molecule has 1 fully saturated rings. The third kappa shape index (κ3) is 2.40. The number of nitrogens with one attached hydrogen (secondary N) is 1. The Balaban J connectivity index is 0.00000120. The molecule has 0 radical (unpaired) electrons. The molecule has 2 aromatic rings. The molecule has 2 nitrogen and oxygen atoms in total. The van der Waals surface area contributed by atoms with Gasteiger partial charge >= 0.3 is 0 Å². The Hall–Kier alpha value is -0.990. The molecule has 1 saturated carbocycles. The van der Waals surface area contributed by atoms with Crippen LogP contribution in [0.5, 0.6) is 0 Å². The van der Waals surface area contributed by atoms with E-state index in [-0.39, 0.29) is 18.4 Å². The lowest BCUT2D eigenvalue weighted by Gasteiger charge is -2.28. The van der Waals surface area contributed by atoms with Crippen molar-refractivity contribution in [2.45, 2.75) is 38.1 Å². The fourth-order valence-corrected chi connectivity index (χ4v) is 3.15. The summed E-state index contributed by atoms with van der Waals surface area (Å²) in [6, 6.07) is 8.77. The van der Waals surface area contributed by atoms with E-state index in [1.807, 2.05) is 6.20 Å². The third-order valence-corrected chi connectivity index (χ3v) is 4.15. The second-order valence-electron chi connectivity index (χ2n) is 5.21. The molecule has 3 N–H and O–H groups in total. The SMILES string of the molecule is Cl.N[C@H](c1cccc2[nH]ccc12)C1CCCCC1. The minimum atomic E-state index is 0. The molecular weight excluding hydrogens is 244 g/mol. The van der Waals surface area contributed by atoms with Gasteiger partial charge in [0, 0.05) is 23.1 Å². The zero-order valence-corrected chi connectivity index (χ0v) is 11.4. The molecule has 0 amide bonds. The zero-order chi connectivity index (χ0) is 11.7. The number of hydrogen-bond donors (Lipinski definition) is 2.